The van der Waals surface area contributed by atoms with Gasteiger partial charge in [-0.2, -0.15) is 0 Å². The van der Waals surface area contributed by atoms with Gasteiger partial charge in [-0.15, -0.1) is 11.8 Å². The number of anilines is 1. The van der Waals surface area contributed by atoms with Crippen LogP contribution in [0.3, 0.4) is 0 Å². The zero-order chi connectivity index (χ0) is 22.2. The number of likely N-dealkylation sites (tertiary alicyclic amines) is 1. The number of thioether (sulfide) groups is 1. The highest BCUT2D eigenvalue weighted by Gasteiger charge is 2.47. The van der Waals surface area contributed by atoms with Gasteiger partial charge in [0.2, 0.25) is 0 Å². The second-order valence-corrected chi connectivity index (χ2v) is 10.4. The minimum absolute atomic E-state index is 0.0456. The molecule has 0 saturated carbocycles. The van der Waals surface area contributed by atoms with Crippen molar-refractivity contribution in [1.82, 2.24) is 9.80 Å². The molecular formula is C22H22Cl3N3O2S. The third kappa shape index (κ3) is 4.63. The first-order valence-corrected chi connectivity index (χ1v) is 12.1. The number of piperidine rings is 1. The van der Waals surface area contributed by atoms with Crippen molar-refractivity contribution in [3.05, 3.63) is 62.6 Å². The van der Waals surface area contributed by atoms with E-state index in [1.54, 1.807) is 40.9 Å². The molecule has 3 amide bonds. The van der Waals surface area contributed by atoms with Crippen molar-refractivity contribution >= 4 is 64.2 Å². The fourth-order valence-electron chi connectivity index (χ4n) is 4.03. The van der Waals surface area contributed by atoms with E-state index in [-0.39, 0.29) is 16.8 Å². The van der Waals surface area contributed by atoms with Gasteiger partial charge in [-0.25, -0.2) is 4.79 Å². The average molecular weight is 499 g/mol. The van der Waals surface area contributed by atoms with Crippen LogP contribution in [0.25, 0.3) is 0 Å². The molecule has 0 bridgehead atoms. The van der Waals surface area contributed by atoms with Gasteiger partial charge in [-0.1, -0.05) is 40.9 Å². The Balaban J connectivity index is 1.42. The molecule has 2 aromatic rings. The Morgan fingerprint density at radius 2 is 1.71 bits per heavy atom. The van der Waals surface area contributed by atoms with Gasteiger partial charge in [-0.05, 0) is 55.7 Å². The maximum atomic E-state index is 13.2. The Morgan fingerprint density at radius 3 is 2.39 bits per heavy atom. The Hall–Kier alpha value is -1.60. The summed E-state index contributed by atoms with van der Waals surface area (Å²) >= 11 is 20.1. The fourth-order valence-corrected chi connectivity index (χ4v) is 5.96. The molecule has 2 saturated heterocycles. The minimum atomic E-state index is -0.298. The number of carbonyl (C=O) groups excluding carboxylic acids is 2. The molecule has 2 fully saturated rings. The average Bonchev–Trinajstić information content (AvgIpc) is 3.15. The third-order valence-corrected chi connectivity index (χ3v) is 8.54. The van der Waals surface area contributed by atoms with E-state index in [2.05, 4.69) is 5.32 Å². The first-order valence-electron chi connectivity index (χ1n) is 10.0. The summed E-state index contributed by atoms with van der Waals surface area (Å²) in [7, 11) is 0. The van der Waals surface area contributed by atoms with Gasteiger partial charge in [0.05, 0.1) is 14.9 Å². The van der Waals surface area contributed by atoms with Crippen molar-refractivity contribution in [3.8, 4) is 0 Å². The molecule has 2 aliphatic heterocycles. The predicted octanol–water partition coefficient (Wildman–Crippen LogP) is 6.17. The van der Waals surface area contributed by atoms with Gasteiger partial charge in [0.15, 0.2) is 0 Å². The lowest BCUT2D eigenvalue weighted by Crippen LogP contribution is -2.54. The molecule has 31 heavy (non-hydrogen) atoms. The lowest BCUT2D eigenvalue weighted by molar-refractivity contribution is 0.0585. The minimum Gasteiger partial charge on any atom is -0.324 e. The largest absolute Gasteiger partial charge is 0.324 e. The van der Waals surface area contributed by atoms with E-state index in [4.69, 9.17) is 34.8 Å². The van der Waals surface area contributed by atoms with Crippen LogP contribution in [-0.4, -0.2) is 52.0 Å². The number of hydrogen-bond acceptors (Lipinski definition) is 3. The fraction of sp³-hybridized carbons (Fsp3) is 0.364. The molecule has 0 aliphatic carbocycles. The van der Waals surface area contributed by atoms with Gasteiger partial charge in [0.25, 0.3) is 5.91 Å². The number of hydrogen-bond donors (Lipinski definition) is 1. The number of amides is 3. The Labute approximate surface area is 201 Å². The number of halogens is 3. The zero-order valence-corrected chi connectivity index (χ0v) is 20.0. The van der Waals surface area contributed by atoms with Crippen LogP contribution in [-0.2, 0) is 0 Å². The maximum absolute atomic E-state index is 13.2. The van der Waals surface area contributed by atoms with E-state index in [0.29, 0.717) is 58.8 Å². The van der Waals surface area contributed by atoms with Crippen molar-refractivity contribution in [2.75, 3.05) is 30.7 Å². The summed E-state index contributed by atoms with van der Waals surface area (Å²) in [6.45, 7) is 3.74. The van der Waals surface area contributed by atoms with Gasteiger partial charge in [0, 0.05) is 41.7 Å². The summed E-state index contributed by atoms with van der Waals surface area (Å²) in [6, 6.07) is 10.3. The smallest absolute Gasteiger partial charge is 0.321 e. The van der Waals surface area contributed by atoms with Crippen molar-refractivity contribution in [2.45, 2.75) is 24.6 Å². The first-order chi connectivity index (χ1) is 14.8. The van der Waals surface area contributed by atoms with Crippen LogP contribution in [0.15, 0.2) is 36.4 Å². The van der Waals surface area contributed by atoms with E-state index in [9.17, 15) is 9.59 Å². The normalized spacial score (nSPS) is 17.8. The molecule has 2 heterocycles. The number of carbonyl (C=O) groups is 2. The van der Waals surface area contributed by atoms with Crippen molar-refractivity contribution in [2.24, 2.45) is 0 Å². The quantitative estimate of drug-likeness (QED) is 0.539. The van der Waals surface area contributed by atoms with E-state index in [1.165, 1.54) is 0 Å². The third-order valence-electron chi connectivity index (χ3n) is 5.84. The molecule has 0 atom stereocenters. The van der Waals surface area contributed by atoms with E-state index in [0.717, 1.165) is 11.3 Å². The van der Waals surface area contributed by atoms with Crippen LogP contribution in [0.5, 0.6) is 0 Å². The molecule has 0 radical (unpaired) electrons. The van der Waals surface area contributed by atoms with Gasteiger partial charge < -0.3 is 15.1 Å². The number of urea groups is 1. The number of benzene rings is 2. The van der Waals surface area contributed by atoms with E-state index in [1.807, 2.05) is 24.0 Å². The van der Waals surface area contributed by atoms with Crippen LogP contribution in [0.2, 0.25) is 15.1 Å². The predicted molar refractivity (Wildman–Crippen MR) is 129 cm³/mol. The zero-order valence-electron chi connectivity index (χ0n) is 17.0. The van der Waals surface area contributed by atoms with Gasteiger partial charge >= 0.3 is 6.03 Å². The molecule has 9 heteroatoms. The Bertz CT molecular complexity index is 1030. The molecule has 0 aromatic heterocycles. The van der Waals surface area contributed by atoms with Crippen LogP contribution >= 0.6 is 46.6 Å². The standard InChI is InChI=1S/C22H22Cl3N3O2S/c1-14-2-4-16(13-18(14)24)26-21(30)27-8-6-22(7-9-27)28(10-11-31-22)20(29)15-3-5-17(23)19(25)12-15/h2-5,12-13H,6-11H2,1H3,(H,26,30). The second kappa shape index (κ2) is 9.10. The van der Waals surface area contributed by atoms with Crippen molar-refractivity contribution < 1.29 is 9.59 Å². The maximum Gasteiger partial charge on any atom is 0.321 e. The van der Waals surface area contributed by atoms with Crippen molar-refractivity contribution in [3.63, 3.8) is 0 Å². The van der Waals surface area contributed by atoms with Crippen molar-refractivity contribution in [1.29, 1.82) is 0 Å². The molecule has 1 spiro atoms. The Kier molecular flexibility index (Phi) is 6.63. The van der Waals surface area contributed by atoms with Crippen LogP contribution in [0, 0.1) is 6.92 Å². The molecule has 0 unspecified atom stereocenters. The molecule has 4 rings (SSSR count). The molecule has 5 nitrogen and oxygen atoms in total. The van der Waals surface area contributed by atoms with E-state index >= 15 is 0 Å². The number of nitrogens with zero attached hydrogens (tertiary/aromatic N) is 2. The number of nitrogens with one attached hydrogen (secondary N) is 1. The summed E-state index contributed by atoms with van der Waals surface area (Å²) in [5.74, 6) is 0.831. The highest BCUT2D eigenvalue weighted by Crippen LogP contribution is 2.44. The lowest BCUT2D eigenvalue weighted by Gasteiger charge is -2.44. The number of rotatable bonds is 2. The van der Waals surface area contributed by atoms with Crippen LogP contribution < -0.4 is 5.32 Å². The van der Waals surface area contributed by atoms with Gasteiger partial charge in [0.1, 0.15) is 0 Å². The lowest BCUT2D eigenvalue weighted by atomic mass is 10.0. The topological polar surface area (TPSA) is 52.7 Å². The van der Waals surface area contributed by atoms with Gasteiger partial charge in [-0.3, -0.25) is 4.79 Å². The summed E-state index contributed by atoms with van der Waals surface area (Å²) in [6.07, 6.45) is 1.43. The SMILES string of the molecule is Cc1ccc(NC(=O)N2CCC3(CC2)SCCN3C(=O)c2ccc(Cl)c(Cl)c2)cc1Cl. The summed E-state index contributed by atoms with van der Waals surface area (Å²) in [5.41, 5.74) is 2.17. The Morgan fingerprint density at radius 1 is 0.968 bits per heavy atom. The summed E-state index contributed by atoms with van der Waals surface area (Å²) < 4.78 is 0. The molecule has 2 aromatic carbocycles. The molecule has 2 aliphatic rings. The van der Waals surface area contributed by atoms with Crippen LogP contribution in [0.4, 0.5) is 10.5 Å². The van der Waals surface area contributed by atoms with E-state index < -0.39 is 0 Å². The highest BCUT2D eigenvalue weighted by molar-refractivity contribution is 8.00. The second-order valence-electron chi connectivity index (χ2n) is 7.76. The molecular weight excluding hydrogens is 477 g/mol. The monoisotopic (exact) mass is 497 g/mol. The van der Waals surface area contributed by atoms with Crippen LogP contribution in [0.1, 0.15) is 28.8 Å². The molecule has 164 valence electrons. The highest BCUT2D eigenvalue weighted by atomic mass is 35.5. The first kappa shape index (κ1) is 22.6. The molecule has 1 N–H and O–H groups in total. The summed E-state index contributed by atoms with van der Waals surface area (Å²) in [5, 5.41) is 4.34. The number of aryl methyl sites for hydroxylation is 1. The summed E-state index contributed by atoms with van der Waals surface area (Å²) in [4.78, 5) is 29.4.